The Morgan fingerprint density at radius 2 is 1.68 bits per heavy atom. The SMILES string of the molecule is C=CCN=c1scc(-c2ccc(C)c(C)c2)n1N=Cc1cc(OC)c(OC)cc1OC. The highest BCUT2D eigenvalue weighted by Crippen LogP contribution is 2.34. The maximum Gasteiger partial charge on any atom is 0.206 e. The minimum absolute atomic E-state index is 0.516. The molecule has 0 saturated carbocycles. The van der Waals surface area contributed by atoms with Crippen LogP contribution in [0.25, 0.3) is 11.3 Å². The summed E-state index contributed by atoms with van der Waals surface area (Å²) >= 11 is 1.54. The van der Waals surface area contributed by atoms with Crippen molar-refractivity contribution >= 4 is 17.6 Å². The van der Waals surface area contributed by atoms with Crippen LogP contribution >= 0.6 is 11.3 Å². The Hall–Kier alpha value is -3.32. The summed E-state index contributed by atoms with van der Waals surface area (Å²) in [7, 11) is 4.81. The molecule has 0 atom stereocenters. The summed E-state index contributed by atoms with van der Waals surface area (Å²) < 4.78 is 18.2. The van der Waals surface area contributed by atoms with E-state index in [4.69, 9.17) is 19.3 Å². The lowest BCUT2D eigenvalue weighted by Crippen LogP contribution is -2.12. The van der Waals surface area contributed by atoms with Crippen LogP contribution in [0.15, 0.2) is 58.5 Å². The molecule has 0 N–H and O–H groups in total. The average Bonchev–Trinajstić information content (AvgIpc) is 3.19. The molecule has 0 bridgehead atoms. The molecule has 0 aliphatic carbocycles. The van der Waals surface area contributed by atoms with Crippen LogP contribution < -0.4 is 19.0 Å². The molecule has 6 nitrogen and oxygen atoms in total. The summed E-state index contributed by atoms with van der Waals surface area (Å²) in [5, 5.41) is 6.82. The molecule has 0 radical (unpaired) electrons. The molecule has 3 aromatic rings. The molecular weight excluding hydrogens is 410 g/mol. The van der Waals surface area contributed by atoms with E-state index in [0.717, 1.165) is 21.6 Å². The summed E-state index contributed by atoms with van der Waals surface area (Å²) in [6, 6.07) is 10.0. The van der Waals surface area contributed by atoms with E-state index in [1.165, 1.54) is 22.5 Å². The van der Waals surface area contributed by atoms with Gasteiger partial charge in [0.2, 0.25) is 4.80 Å². The first-order valence-corrected chi connectivity index (χ1v) is 10.6. The zero-order chi connectivity index (χ0) is 22.4. The Morgan fingerprint density at radius 1 is 0.968 bits per heavy atom. The maximum absolute atomic E-state index is 5.53. The second kappa shape index (κ2) is 10.1. The fourth-order valence-electron chi connectivity index (χ4n) is 3.03. The van der Waals surface area contributed by atoms with Crippen molar-refractivity contribution in [3.63, 3.8) is 0 Å². The van der Waals surface area contributed by atoms with E-state index in [2.05, 4.69) is 49.0 Å². The summed E-state index contributed by atoms with van der Waals surface area (Å²) in [5.74, 6) is 1.83. The van der Waals surface area contributed by atoms with E-state index < -0.39 is 0 Å². The maximum atomic E-state index is 5.53. The van der Waals surface area contributed by atoms with Gasteiger partial charge in [-0.2, -0.15) is 5.10 Å². The quantitative estimate of drug-likeness (QED) is 0.375. The smallest absolute Gasteiger partial charge is 0.206 e. The third kappa shape index (κ3) is 4.88. The molecule has 7 heteroatoms. The number of rotatable bonds is 8. The first-order valence-electron chi connectivity index (χ1n) is 9.76. The Balaban J connectivity index is 2.14. The summed E-state index contributed by atoms with van der Waals surface area (Å²) in [6.07, 6.45) is 3.51. The van der Waals surface area contributed by atoms with E-state index in [1.54, 1.807) is 39.7 Å². The van der Waals surface area contributed by atoms with Crippen molar-refractivity contribution in [2.24, 2.45) is 10.1 Å². The molecule has 0 aliphatic rings. The van der Waals surface area contributed by atoms with E-state index in [9.17, 15) is 0 Å². The number of nitrogens with zero attached hydrogens (tertiary/aromatic N) is 3. The van der Waals surface area contributed by atoms with Gasteiger partial charge in [0.05, 0.1) is 39.8 Å². The Bertz CT molecular complexity index is 1180. The first-order chi connectivity index (χ1) is 15.0. The highest BCUT2D eigenvalue weighted by molar-refractivity contribution is 7.07. The van der Waals surface area contributed by atoms with Gasteiger partial charge in [-0.3, -0.25) is 4.99 Å². The number of methoxy groups -OCH3 is 3. The highest BCUT2D eigenvalue weighted by Gasteiger charge is 2.12. The van der Waals surface area contributed by atoms with Crippen molar-refractivity contribution < 1.29 is 14.2 Å². The standard InChI is InChI=1S/C24H27N3O3S/c1-7-10-25-24-27(20(15-31-24)18-9-8-16(2)17(3)11-18)26-14-19-12-22(29-5)23(30-6)13-21(19)28-4/h7-9,11-15H,1,10H2,2-6H3. The highest BCUT2D eigenvalue weighted by atomic mass is 32.1. The first kappa shape index (κ1) is 22.4. The van der Waals surface area contributed by atoms with Crippen molar-refractivity contribution in [1.29, 1.82) is 0 Å². The summed E-state index contributed by atoms with van der Waals surface area (Å²) in [4.78, 5) is 5.38. The van der Waals surface area contributed by atoms with E-state index >= 15 is 0 Å². The largest absolute Gasteiger partial charge is 0.496 e. The fraction of sp³-hybridized carbons (Fsp3) is 0.250. The minimum atomic E-state index is 0.516. The Labute approximate surface area is 186 Å². The fourth-order valence-corrected chi connectivity index (χ4v) is 3.88. The van der Waals surface area contributed by atoms with Gasteiger partial charge in [0.15, 0.2) is 11.5 Å². The number of aromatic nitrogens is 1. The lowest BCUT2D eigenvalue weighted by Gasteiger charge is -2.12. The average molecular weight is 438 g/mol. The van der Waals surface area contributed by atoms with Crippen molar-refractivity contribution in [2.75, 3.05) is 27.9 Å². The third-order valence-corrected chi connectivity index (χ3v) is 5.75. The second-order valence-corrected chi connectivity index (χ2v) is 7.67. The van der Waals surface area contributed by atoms with Crippen LogP contribution in [-0.4, -0.2) is 38.8 Å². The number of thiazole rings is 1. The molecule has 1 aromatic heterocycles. The van der Waals surface area contributed by atoms with Gasteiger partial charge in [0, 0.05) is 22.6 Å². The van der Waals surface area contributed by atoms with Gasteiger partial charge in [-0.25, -0.2) is 4.68 Å². The number of hydrogen-bond donors (Lipinski definition) is 0. The molecule has 0 amide bonds. The van der Waals surface area contributed by atoms with Gasteiger partial charge in [-0.05, 0) is 37.1 Å². The van der Waals surface area contributed by atoms with E-state index in [1.807, 2.05) is 10.7 Å². The predicted molar refractivity (Wildman–Crippen MR) is 127 cm³/mol. The van der Waals surface area contributed by atoms with Gasteiger partial charge in [0.25, 0.3) is 0 Å². The zero-order valence-electron chi connectivity index (χ0n) is 18.5. The van der Waals surface area contributed by atoms with Crippen LogP contribution in [-0.2, 0) is 0 Å². The monoisotopic (exact) mass is 437 g/mol. The normalized spacial score (nSPS) is 11.7. The van der Waals surface area contributed by atoms with Crippen molar-refractivity contribution in [3.8, 4) is 28.5 Å². The van der Waals surface area contributed by atoms with Gasteiger partial charge in [-0.1, -0.05) is 18.2 Å². The van der Waals surface area contributed by atoms with Crippen LogP contribution in [0.4, 0.5) is 0 Å². The molecular formula is C24H27N3O3S. The molecule has 3 rings (SSSR count). The summed E-state index contributed by atoms with van der Waals surface area (Å²) in [5.41, 5.74) is 5.29. The minimum Gasteiger partial charge on any atom is -0.496 e. The topological polar surface area (TPSA) is 57.3 Å². The predicted octanol–water partition coefficient (Wildman–Crippen LogP) is 4.83. The molecule has 0 unspecified atom stereocenters. The van der Waals surface area contributed by atoms with E-state index in [-0.39, 0.29) is 0 Å². The van der Waals surface area contributed by atoms with Crippen LogP contribution in [0.3, 0.4) is 0 Å². The third-order valence-electron chi connectivity index (χ3n) is 4.89. The van der Waals surface area contributed by atoms with Gasteiger partial charge < -0.3 is 14.2 Å². The van der Waals surface area contributed by atoms with Crippen molar-refractivity contribution in [2.45, 2.75) is 13.8 Å². The molecule has 0 spiro atoms. The molecule has 1 heterocycles. The second-order valence-electron chi connectivity index (χ2n) is 6.84. The van der Waals surface area contributed by atoms with Gasteiger partial charge >= 0.3 is 0 Å². The molecule has 0 saturated heterocycles. The van der Waals surface area contributed by atoms with Crippen LogP contribution in [0, 0.1) is 13.8 Å². The number of benzene rings is 2. The Morgan fingerprint density at radius 3 is 2.32 bits per heavy atom. The summed E-state index contributed by atoms with van der Waals surface area (Å²) in [6.45, 7) is 8.49. The number of ether oxygens (including phenoxy) is 3. The van der Waals surface area contributed by atoms with E-state index in [0.29, 0.717) is 23.8 Å². The molecule has 0 aliphatic heterocycles. The van der Waals surface area contributed by atoms with Crippen LogP contribution in [0.5, 0.6) is 17.2 Å². The number of hydrogen-bond acceptors (Lipinski definition) is 6. The lowest BCUT2D eigenvalue weighted by atomic mass is 10.1. The van der Waals surface area contributed by atoms with Gasteiger partial charge in [0.1, 0.15) is 5.75 Å². The molecule has 162 valence electrons. The zero-order valence-corrected chi connectivity index (χ0v) is 19.3. The van der Waals surface area contributed by atoms with Crippen molar-refractivity contribution in [1.82, 2.24) is 4.68 Å². The van der Waals surface area contributed by atoms with Crippen LogP contribution in [0.1, 0.15) is 16.7 Å². The van der Waals surface area contributed by atoms with Crippen molar-refractivity contribution in [3.05, 3.63) is 69.9 Å². The van der Waals surface area contributed by atoms with Crippen LogP contribution in [0.2, 0.25) is 0 Å². The van der Waals surface area contributed by atoms with Gasteiger partial charge in [-0.15, -0.1) is 17.9 Å². The molecule has 0 fully saturated rings. The molecule has 2 aromatic carbocycles. The lowest BCUT2D eigenvalue weighted by molar-refractivity contribution is 0.349. The molecule has 31 heavy (non-hydrogen) atoms. The Kier molecular flexibility index (Phi) is 7.31. The number of aryl methyl sites for hydroxylation is 2.